The Morgan fingerprint density at radius 3 is 2.46 bits per heavy atom. The molecule has 0 amide bonds. The molecular formula is C10H9ClN2. The van der Waals surface area contributed by atoms with Crippen molar-refractivity contribution in [2.24, 2.45) is 10.2 Å². The number of nitrogens with zero attached hydrogens (tertiary/aromatic N) is 2. The van der Waals surface area contributed by atoms with Crippen LogP contribution >= 0.6 is 11.6 Å². The Hall–Kier alpha value is -1.15. The first-order chi connectivity index (χ1) is 6.25. The van der Waals surface area contributed by atoms with Crippen molar-refractivity contribution < 1.29 is 0 Å². The van der Waals surface area contributed by atoms with Gasteiger partial charge in [-0.2, -0.15) is 10.2 Å². The zero-order chi connectivity index (χ0) is 9.26. The van der Waals surface area contributed by atoms with Crippen molar-refractivity contribution in [3.63, 3.8) is 0 Å². The van der Waals surface area contributed by atoms with E-state index in [0.29, 0.717) is 0 Å². The van der Waals surface area contributed by atoms with E-state index in [-0.39, 0.29) is 6.04 Å². The highest BCUT2D eigenvalue weighted by molar-refractivity contribution is 6.30. The van der Waals surface area contributed by atoms with Crippen LogP contribution in [0.5, 0.6) is 0 Å². The summed E-state index contributed by atoms with van der Waals surface area (Å²) in [6.07, 6.45) is 2.03. The number of rotatable bonds is 1. The van der Waals surface area contributed by atoms with Gasteiger partial charge in [-0.15, -0.1) is 0 Å². The fraction of sp³-hybridized carbons (Fsp3) is 0.200. The second kappa shape index (κ2) is 3.30. The molecular weight excluding hydrogens is 184 g/mol. The standard InChI is InChI=1S/C10H9ClN2/c1-7-6-10(13-12-7)8-2-4-9(11)5-3-8/h2-7H,1H3/t7-/m0/s1. The quantitative estimate of drug-likeness (QED) is 0.650. The third kappa shape index (κ3) is 1.78. The van der Waals surface area contributed by atoms with Crippen molar-refractivity contribution in [3.8, 4) is 0 Å². The molecule has 66 valence electrons. The van der Waals surface area contributed by atoms with Crippen LogP contribution in [0.15, 0.2) is 40.6 Å². The van der Waals surface area contributed by atoms with Gasteiger partial charge in [0, 0.05) is 10.6 Å². The maximum absolute atomic E-state index is 5.77. The van der Waals surface area contributed by atoms with Crippen LogP contribution in [-0.2, 0) is 0 Å². The minimum absolute atomic E-state index is 0.200. The van der Waals surface area contributed by atoms with E-state index in [2.05, 4.69) is 10.2 Å². The SMILES string of the molecule is C[C@H]1C=C(c2ccc(Cl)cc2)N=N1. The van der Waals surface area contributed by atoms with Crippen molar-refractivity contribution in [1.29, 1.82) is 0 Å². The van der Waals surface area contributed by atoms with Gasteiger partial charge in [0.2, 0.25) is 0 Å². The minimum Gasteiger partial charge on any atom is -0.181 e. The van der Waals surface area contributed by atoms with Crippen molar-refractivity contribution in [1.82, 2.24) is 0 Å². The lowest BCUT2D eigenvalue weighted by Crippen LogP contribution is -1.84. The summed E-state index contributed by atoms with van der Waals surface area (Å²) in [5, 5.41) is 8.82. The lowest BCUT2D eigenvalue weighted by molar-refractivity contribution is 0.895. The highest BCUT2D eigenvalue weighted by atomic mass is 35.5. The summed E-state index contributed by atoms with van der Waals surface area (Å²) in [5.74, 6) is 0. The van der Waals surface area contributed by atoms with Crippen molar-refractivity contribution >= 4 is 17.3 Å². The Balaban J connectivity index is 2.32. The normalized spacial score (nSPS) is 20.5. The summed E-state index contributed by atoms with van der Waals surface area (Å²) in [7, 11) is 0. The molecule has 13 heavy (non-hydrogen) atoms. The van der Waals surface area contributed by atoms with Crippen LogP contribution in [0.1, 0.15) is 12.5 Å². The minimum atomic E-state index is 0.200. The highest BCUT2D eigenvalue weighted by Gasteiger charge is 2.08. The number of halogens is 1. The molecule has 1 aromatic carbocycles. The second-order valence-corrected chi connectivity index (χ2v) is 3.45. The molecule has 0 N–H and O–H groups in total. The zero-order valence-corrected chi connectivity index (χ0v) is 7.99. The van der Waals surface area contributed by atoms with E-state index in [1.165, 1.54) is 0 Å². The van der Waals surface area contributed by atoms with Crippen molar-refractivity contribution in [2.45, 2.75) is 13.0 Å². The van der Waals surface area contributed by atoms with Gasteiger partial charge < -0.3 is 0 Å². The first-order valence-electron chi connectivity index (χ1n) is 4.14. The Morgan fingerprint density at radius 2 is 1.92 bits per heavy atom. The Bertz CT molecular complexity index is 365. The summed E-state index contributed by atoms with van der Waals surface area (Å²) < 4.78 is 0. The molecule has 2 nitrogen and oxygen atoms in total. The van der Waals surface area contributed by atoms with Gasteiger partial charge in [0.1, 0.15) is 0 Å². The molecule has 2 rings (SSSR count). The molecule has 0 radical (unpaired) electrons. The number of benzene rings is 1. The van der Waals surface area contributed by atoms with Gasteiger partial charge in [-0.1, -0.05) is 23.7 Å². The van der Waals surface area contributed by atoms with Gasteiger partial charge in [0.05, 0.1) is 11.7 Å². The van der Waals surface area contributed by atoms with Gasteiger partial charge in [0.25, 0.3) is 0 Å². The van der Waals surface area contributed by atoms with Crippen LogP contribution in [0, 0.1) is 0 Å². The molecule has 1 atom stereocenters. The Morgan fingerprint density at radius 1 is 1.23 bits per heavy atom. The Labute approximate surface area is 81.9 Å². The van der Waals surface area contributed by atoms with E-state index in [0.717, 1.165) is 16.3 Å². The molecule has 1 heterocycles. The van der Waals surface area contributed by atoms with E-state index in [9.17, 15) is 0 Å². The summed E-state index contributed by atoms with van der Waals surface area (Å²) in [6, 6.07) is 7.81. The van der Waals surface area contributed by atoms with Crippen LogP contribution in [0.4, 0.5) is 0 Å². The Kier molecular flexibility index (Phi) is 2.15. The van der Waals surface area contributed by atoms with Crippen molar-refractivity contribution in [3.05, 3.63) is 40.9 Å². The monoisotopic (exact) mass is 192 g/mol. The van der Waals surface area contributed by atoms with E-state index >= 15 is 0 Å². The summed E-state index contributed by atoms with van der Waals surface area (Å²) >= 11 is 5.77. The molecule has 3 heteroatoms. The first kappa shape index (κ1) is 8.45. The van der Waals surface area contributed by atoms with Gasteiger partial charge in [-0.05, 0) is 25.1 Å². The average Bonchev–Trinajstić information content (AvgIpc) is 2.53. The highest BCUT2D eigenvalue weighted by Crippen LogP contribution is 2.24. The van der Waals surface area contributed by atoms with Crippen molar-refractivity contribution in [2.75, 3.05) is 0 Å². The first-order valence-corrected chi connectivity index (χ1v) is 4.52. The smallest absolute Gasteiger partial charge is 0.0907 e. The predicted molar refractivity (Wildman–Crippen MR) is 53.7 cm³/mol. The average molecular weight is 193 g/mol. The van der Waals surface area contributed by atoms with E-state index in [1.54, 1.807) is 0 Å². The summed E-state index contributed by atoms with van der Waals surface area (Å²) in [5.41, 5.74) is 2.00. The van der Waals surface area contributed by atoms with Gasteiger partial charge >= 0.3 is 0 Å². The van der Waals surface area contributed by atoms with E-state index in [4.69, 9.17) is 11.6 Å². The molecule has 0 spiro atoms. The molecule has 0 bridgehead atoms. The zero-order valence-electron chi connectivity index (χ0n) is 7.24. The van der Waals surface area contributed by atoms with Crippen LogP contribution < -0.4 is 0 Å². The maximum Gasteiger partial charge on any atom is 0.0907 e. The summed E-state index contributed by atoms with van der Waals surface area (Å²) in [4.78, 5) is 0. The second-order valence-electron chi connectivity index (χ2n) is 3.01. The molecule has 0 saturated heterocycles. The molecule has 0 fully saturated rings. The number of hydrogen-bond acceptors (Lipinski definition) is 2. The van der Waals surface area contributed by atoms with Gasteiger partial charge in [-0.3, -0.25) is 0 Å². The van der Waals surface area contributed by atoms with Crippen LogP contribution in [-0.4, -0.2) is 6.04 Å². The molecule has 1 aliphatic heterocycles. The fourth-order valence-electron chi connectivity index (χ4n) is 1.22. The van der Waals surface area contributed by atoms with E-state index in [1.807, 2.05) is 37.3 Å². The van der Waals surface area contributed by atoms with Crippen LogP contribution in [0.25, 0.3) is 5.70 Å². The lowest BCUT2D eigenvalue weighted by atomic mass is 10.1. The summed E-state index contributed by atoms with van der Waals surface area (Å²) in [6.45, 7) is 2.01. The molecule has 0 saturated carbocycles. The largest absolute Gasteiger partial charge is 0.181 e. The predicted octanol–water partition coefficient (Wildman–Crippen LogP) is 3.54. The molecule has 0 unspecified atom stereocenters. The number of azo groups is 1. The van der Waals surface area contributed by atoms with Gasteiger partial charge in [-0.25, -0.2) is 0 Å². The lowest BCUT2D eigenvalue weighted by Gasteiger charge is -1.96. The number of hydrogen-bond donors (Lipinski definition) is 0. The fourth-order valence-corrected chi connectivity index (χ4v) is 1.35. The third-order valence-corrected chi connectivity index (χ3v) is 2.14. The molecule has 0 aromatic heterocycles. The maximum atomic E-state index is 5.77. The molecule has 1 aromatic rings. The molecule has 0 aliphatic carbocycles. The van der Waals surface area contributed by atoms with Crippen LogP contribution in [0.2, 0.25) is 5.02 Å². The van der Waals surface area contributed by atoms with Crippen LogP contribution in [0.3, 0.4) is 0 Å². The van der Waals surface area contributed by atoms with E-state index < -0.39 is 0 Å². The molecule has 1 aliphatic rings. The van der Waals surface area contributed by atoms with Gasteiger partial charge in [0.15, 0.2) is 0 Å². The third-order valence-electron chi connectivity index (χ3n) is 1.89. The topological polar surface area (TPSA) is 24.7 Å².